The zero-order valence-electron chi connectivity index (χ0n) is 18.2. The molecular formula is C25H34F4O. The van der Waals surface area contributed by atoms with Crippen molar-refractivity contribution < 1.29 is 22.4 Å². The quantitative estimate of drug-likeness (QED) is 0.330. The second-order valence-electron chi connectivity index (χ2n) is 9.35. The number of halogens is 4. The molecule has 2 aliphatic carbocycles. The van der Waals surface area contributed by atoms with E-state index in [9.17, 15) is 18.0 Å². The third-order valence-corrected chi connectivity index (χ3v) is 7.54. The number of hydrogen-bond acceptors (Lipinski definition) is 1. The fourth-order valence-corrected chi connectivity index (χ4v) is 5.87. The lowest BCUT2D eigenvalue weighted by atomic mass is 9.68. The number of rotatable bonds is 6. The summed E-state index contributed by atoms with van der Waals surface area (Å²) in [7, 11) is 0. The molecule has 5 heteroatoms. The van der Waals surface area contributed by atoms with Crippen LogP contribution < -0.4 is 0 Å². The molecule has 3 rings (SSSR count). The van der Waals surface area contributed by atoms with Crippen LogP contribution in [0.5, 0.6) is 0 Å². The molecule has 0 aromatic heterocycles. The zero-order chi connectivity index (χ0) is 21.9. The van der Waals surface area contributed by atoms with Crippen molar-refractivity contribution in [1.29, 1.82) is 0 Å². The van der Waals surface area contributed by atoms with Crippen molar-refractivity contribution >= 4 is 5.78 Å². The highest BCUT2D eigenvalue weighted by atomic mass is 19.4. The molecule has 0 aliphatic heterocycles. The fraction of sp³-hybridized carbons (Fsp3) is 0.720. The predicted octanol–water partition coefficient (Wildman–Crippen LogP) is 8.32. The second-order valence-corrected chi connectivity index (χ2v) is 9.35. The Labute approximate surface area is 177 Å². The Kier molecular flexibility index (Phi) is 7.62. The molecule has 0 heterocycles. The van der Waals surface area contributed by atoms with Crippen LogP contribution in [-0.4, -0.2) is 5.78 Å². The van der Waals surface area contributed by atoms with Crippen molar-refractivity contribution in [3.63, 3.8) is 0 Å². The normalized spacial score (nSPS) is 27.8. The third-order valence-electron chi connectivity index (χ3n) is 7.54. The third kappa shape index (κ3) is 5.08. The average molecular weight is 427 g/mol. The fourth-order valence-electron chi connectivity index (χ4n) is 5.87. The maximum absolute atomic E-state index is 15.0. The van der Waals surface area contributed by atoms with Gasteiger partial charge in [0.15, 0.2) is 5.78 Å². The van der Waals surface area contributed by atoms with E-state index in [2.05, 4.69) is 6.92 Å². The Balaban J connectivity index is 1.69. The van der Waals surface area contributed by atoms with Crippen LogP contribution in [0, 0.1) is 23.6 Å². The minimum Gasteiger partial charge on any atom is -0.294 e. The van der Waals surface area contributed by atoms with Crippen LogP contribution in [0.4, 0.5) is 17.6 Å². The Morgan fingerprint density at radius 2 is 1.50 bits per heavy atom. The monoisotopic (exact) mass is 426 g/mol. The highest BCUT2D eigenvalue weighted by Gasteiger charge is 2.40. The highest BCUT2D eigenvalue weighted by Crippen LogP contribution is 2.46. The zero-order valence-corrected chi connectivity index (χ0v) is 18.2. The summed E-state index contributed by atoms with van der Waals surface area (Å²) in [6, 6.07) is 2.61. The van der Waals surface area contributed by atoms with E-state index in [-0.39, 0.29) is 17.9 Å². The molecule has 168 valence electrons. The SMILES string of the molecule is CCCC1CCC(C2CCC(c3ccc(C(=O)CC)c(C(F)(F)F)c3F)CC2)CC1. The Hall–Kier alpha value is -1.39. The van der Waals surface area contributed by atoms with Gasteiger partial charge in [-0.25, -0.2) is 4.39 Å². The van der Waals surface area contributed by atoms with Crippen LogP contribution in [0.1, 0.15) is 112 Å². The van der Waals surface area contributed by atoms with Crippen molar-refractivity contribution in [3.05, 3.63) is 34.6 Å². The van der Waals surface area contributed by atoms with E-state index in [0.29, 0.717) is 5.92 Å². The largest absolute Gasteiger partial charge is 0.419 e. The van der Waals surface area contributed by atoms with E-state index < -0.39 is 28.9 Å². The summed E-state index contributed by atoms with van der Waals surface area (Å²) in [5.74, 6) is 0.112. The van der Waals surface area contributed by atoms with E-state index >= 15 is 4.39 Å². The first-order chi connectivity index (χ1) is 14.3. The van der Waals surface area contributed by atoms with Crippen molar-refractivity contribution in [2.75, 3.05) is 0 Å². The molecule has 0 atom stereocenters. The highest BCUT2D eigenvalue weighted by molar-refractivity contribution is 5.97. The van der Waals surface area contributed by atoms with E-state index in [1.165, 1.54) is 57.6 Å². The van der Waals surface area contributed by atoms with E-state index in [4.69, 9.17) is 0 Å². The summed E-state index contributed by atoms with van der Waals surface area (Å²) in [6.07, 6.45) is 6.14. The van der Waals surface area contributed by atoms with E-state index in [1.807, 2.05) is 0 Å². The number of ketones is 1. The molecule has 1 aromatic rings. The van der Waals surface area contributed by atoms with Gasteiger partial charge in [0.1, 0.15) is 11.4 Å². The molecule has 2 aliphatic rings. The van der Waals surface area contributed by atoms with Crippen molar-refractivity contribution in [2.45, 2.75) is 96.6 Å². The summed E-state index contributed by atoms with van der Waals surface area (Å²) >= 11 is 0. The molecule has 1 nitrogen and oxygen atoms in total. The molecule has 0 N–H and O–H groups in total. The standard InChI is InChI=1S/C25H34F4O/c1-3-5-16-6-8-17(9-7-16)18-10-12-19(13-11-18)20-14-15-21(22(30)4-2)23(24(20)26)25(27,28)29/h14-19H,3-13H2,1-2H3. The Morgan fingerprint density at radius 3 is 2.00 bits per heavy atom. The van der Waals surface area contributed by atoms with Gasteiger partial charge in [-0.05, 0) is 67.8 Å². The number of hydrogen-bond donors (Lipinski definition) is 0. The number of benzene rings is 1. The second kappa shape index (κ2) is 9.82. The van der Waals surface area contributed by atoms with E-state index in [0.717, 1.165) is 37.5 Å². The van der Waals surface area contributed by atoms with Crippen molar-refractivity contribution in [2.24, 2.45) is 17.8 Å². The van der Waals surface area contributed by atoms with Gasteiger partial charge in [0.05, 0.1) is 0 Å². The van der Waals surface area contributed by atoms with Crippen molar-refractivity contribution in [1.82, 2.24) is 0 Å². The molecule has 0 spiro atoms. The molecule has 2 fully saturated rings. The first kappa shape index (κ1) is 23.3. The van der Waals surface area contributed by atoms with Crippen LogP contribution in [-0.2, 0) is 6.18 Å². The van der Waals surface area contributed by atoms with Gasteiger partial charge in [-0.3, -0.25) is 4.79 Å². The molecule has 0 radical (unpaired) electrons. The van der Waals surface area contributed by atoms with Gasteiger partial charge in [-0.2, -0.15) is 13.2 Å². The number of alkyl halides is 3. The molecular weight excluding hydrogens is 392 g/mol. The topological polar surface area (TPSA) is 17.1 Å². The molecule has 0 amide bonds. The van der Waals surface area contributed by atoms with Crippen LogP contribution in [0.15, 0.2) is 12.1 Å². The Morgan fingerprint density at radius 1 is 0.933 bits per heavy atom. The average Bonchev–Trinajstić information content (AvgIpc) is 2.73. The molecule has 30 heavy (non-hydrogen) atoms. The van der Waals surface area contributed by atoms with Gasteiger partial charge >= 0.3 is 6.18 Å². The van der Waals surface area contributed by atoms with E-state index in [1.54, 1.807) is 0 Å². The minimum atomic E-state index is -4.87. The molecule has 2 saturated carbocycles. The molecule has 0 saturated heterocycles. The first-order valence-electron chi connectivity index (χ1n) is 11.7. The lowest BCUT2D eigenvalue weighted by molar-refractivity contribution is -0.140. The van der Waals surface area contributed by atoms with Gasteiger partial charge in [0, 0.05) is 12.0 Å². The number of carbonyl (C=O) groups is 1. The van der Waals surface area contributed by atoms with Gasteiger partial charge in [-0.15, -0.1) is 0 Å². The minimum absolute atomic E-state index is 0.0759. The van der Waals surface area contributed by atoms with Crippen LogP contribution >= 0.6 is 0 Å². The smallest absolute Gasteiger partial charge is 0.294 e. The number of carbonyl (C=O) groups excluding carboxylic acids is 1. The van der Waals surface area contributed by atoms with Gasteiger partial charge in [0.2, 0.25) is 0 Å². The predicted molar refractivity (Wildman–Crippen MR) is 111 cm³/mol. The van der Waals surface area contributed by atoms with Crippen LogP contribution in [0.3, 0.4) is 0 Å². The van der Waals surface area contributed by atoms with Gasteiger partial charge in [0.25, 0.3) is 0 Å². The molecule has 0 unspecified atom stereocenters. The molecule has 0 bridgehead atoms. The molecule has 1 aromatic carbocycles. The Bertz CT molecular complexity index is 723. The lowest BCUT2D eigenvalue weighted by Gasteiger charge is -2.38. The maximum atomic E-state index is 15.0. The van der Waals surface area contributed by atoms with Gasteiger partial charge in [-0.1, -0.05) is 51.7 Å². The van der Waals surface area contributed by atoms with Gasteiger partial charge < -0.3 is 0 Å². The van der Waals surface area contributed by atoms with Crippen LogP contribution in [0.25, 0.3) is 0 Å². The summed E-state index contributed by atoms with van der Waals surface area (Å²) < 4.78 is 55.7. The summed E-state index contributed by atoms with van der Waals surface area (Å²) in [5, 5.41) is 0. The number of Topliss-reactive ketones (excluding diaryl/α,β-unsaturated/α-hetero) is 1. The first-order valence-corrected chi connectivity index (χ1v) is 11.7. The summed E-state index contributed by atoms with van der Waals surface area (Å²) in [4.78, 5) is 11.9. The maximum Gasteiger partial charge on any atom is 0.419 e. The summed E-state index contributed by atoms with van der Waals surface area (Å²) in [6.45, 7) is 3.73. The lowest BCUT2D eigenvalue weighted by Crippen LogP contribution is -2.26. The van der Waals surface area contributed by atoms with Crippen LogP contribution in [0.2, 0.25) is 0 Å². The van der Waals surface area contributed by atoms with Crippen molar-refractivity contribution in [3.8, 4) is 0 Å². The summed E-state index contributed by atoms with van der Waals surface area (Å²) in [5.41, 5.74) is -1.77.